The van der Waals surface area contributed by atoms with Crippen LogP contribution in [0.4, 0.5) is 4.39 Å². The number of rotatable bonds is 1. The van der Waals surface area contributed by atoms with Crippen molar-refractivity contribution in [1.29, 1.82) is 5.26 Å². The molecule has 0 N–H and O–H groups in total. The van der Waals surface area contributed by atoms with Gasteiger partial charge in [0.05, 0.1) is 23.7 Å². The molecule has 15 heavy (non-hydrogen) atoms. The number of halogens is 1. The molecule has 0 spiro atoms. The molecule has 0 unspecified atom stereocenters. The summed E-state index contributed by atoms with van der Waals surface area (Å²) in [5.74, 6) is -0.887. The van der Waals surface area contributed by atoms with E-state index in [2.05, 4.69) is 11.1 Å². The van der Waals surface area contributed by atoms with E-state index in [1.54, 1.807) is 0 Å². The molecule has 76 valence electrons. The highest BCUT2D eigenvalue weighted by molar-refractivity contribution is 5.94. The third-order valence-corrected chi connectivity index (χ3v) is 2.30. The van der Waals surface area contributed by atoms with Gasteiger partial charge in [0.1, 0.15) is 5.82 Å². The Bertz CT molecular complexity index is 435. The predicted octanol–water partition coefficient (Wildman–Crippen LogP) is 0.816. The number of amides is 1. The lowest BCUT2D eigenvalue weighted by atomic mass is 10.0. The number of hydrogen-bond donors (Lipinski definition) is 0. The molecule has 2 heterocycles. The zero-order chi connectivity index (χ0) is 10.8. The van der Waals surface area contributed by atoms with Gasteiger partial charge in [0.25, 0.3) is 5.91 Å². The minimum absolute atomic E-state index is 0.0875. The van der Waals surface area contributed by atoms with Crippen molar-refractivity contribution in [3.05, 3.63) is 29.8 Å². The van der Waals surface area contributed by atoms with E-state index in [9.17, 15) is 9.18 Å². The van der Waals surface area contributed by atoms with Crippen LogP contribution in [0.2, 0.25) is 0 Å². The molecule has 1 fully saturated rings. The molecule has 0 bridgehead atoms. The summed E-state index contributed by atoms with van der Waals surface area (Å²) in [4.78, 5) is 16.8. The highest BCUT2D eigenvalue weighted by atomic mass is 19.1. The fourth-order valence-corrected chi connectivity index (χ4v) is 1.44. The van der Waals surface area contributed by atoms with Gasteiger partial charge in [-0.25, -0.2) is 4.39 Å². The first-order valence-corrected chi connectivity index (χ1v) is 4.50. The Labute approximate surface area is 85.9 Å². The van der Waals surface area contributed by atoms with Crippen LogP contribution in [-0.2, 0) is 0 Å². The van der Waals surface area contributed by atoms with Crippen molar-refractivity contribution in [2.24, 2.45) is 5.92 Å². The molecular formula is C10H8FN3O. The lowest BCUT2D eigenvalue weighted by Gasteiger charge is -2.35. The summed E-state index contributed by atoms with van der Waals surface area (Å²) in [7, 11) is 0. The van der Waals surface area contributed by atoms with Gasteiger partial charge < -0.3 is 4.90 Å². The van der Waals surface area contributed by atoms with E-state index in [1.165, 1.54) is 11.1 Å². The molecule has 1 aromatic heterocycles. The van der Waals surface area contributed by atoms with Gasteiger partial charge in [-0.15, -0.1) is 0 Å². The first-order chi connectivity index (χ1) is 7.20. The number of carbonyl (C=O) groups is 1. The maximum Gasteiger partial charge on any atom is 0.255 e. The molecule has 1 aliphatic heterocycles. The van der Waals surface area contributed by atoms with Crippen LogP contribution in [0.25, 0.3) is 0 Å². The minimum atomic E-state index is -0.529. The van der Waals surface area contributed by atoms with Crippen molar-refractivity contribution in [3.63, 3.8) is 0 Å². The van der Waals surface area contributed by atoms with Crippen LogP contribution < -0.4 is 0 Å². The van der Waals surface area contributed by atoms with Crippen LogP contribution >= 0.6 is 0 Å². The number of carbonyl (C=O) groups excluding carboxylic acids is 1. The Morgan fingerprint density at radius 1 is 1.60 bits per heavy atom. The van der Waals surface area contributed by atoms with Gasteiger partial charge in [-0.05, 0) is 6.07 Å². The van der Waals surface area contributed by atoms with Gasteiger partial charge >= 0.3 is 0 Å². The molecule has 2 rings (SSSR count). The van der Waals surface area contributed by atoms with Gasteiger partial charge in [-0.3, -0.25) is 9.78 Å². The van der Waals surface area contributed by atoms with Crippen LogP contribution in [-0.4, -0.2) is 28.9 Å². The number of nitrogens with zero attached hydrogens (tertiary/aromatic N) is 3. The zero-order valence-corrected chi connectivity index (χ0v) is 7.85. The summed E-state index contributed by atoms with van der Waals surface area (Å²) in [6, 6.07) is 3.21. The topological polar surface area (TPSA) is 57.0 Å². The van der Waals surface area contributed by atoms with Crippen LogP contribution in [0.3, 0.4) is 0 Å². The molecular weight excluding hydrogens is 197 g/mol. The largest absolute Gasteiger partial charge is 0.336 e. The molecule has 1 saturated heterocycles. The van der Waals surface area contributed by atoms with Crippen molar-refractivity contribution in [2.75, 3.05) is 13.1 Å². The van der Waals surface area contributed by atoms with Crippen LogP contribution in [0, 0.1) is 23.1 Å². The molecule has 4 nitrogen and oxygen atoms in total. The van der Waals surface area contributed by atoms with E-state index in [4.69, 9.17) is 5.26 Å². The number of aromatic nitrogens is 1. The molecule has 0 aliphatic carbocycles. The maximum absolute atomic E-state index is 12.8. The van der Waals surface area contributed by atoms with Gasteiger partial charge in [0.2, 0.25) is 0 Å². The second kappa shape index (κ2) is 3.65. The summed E-state index contributed by atoms with van der Waals surface area (Å²) >= 11 is 0. The number of hydrogen-bond acceptors (Lipinski definition) is 3. The Hall–Kier alpha value is -1.96. The van der Waals surface area contributed by atoms with Crippen LogP contribution in [0.1, 0.15) is 10.4 Å². The predicted molar refractivity (Wildman–Crippen MR) is 49.2 cm³/mol. The highest BCUT2D eigenvalue weighted by Crippen LogP contribution is 2.17. The van der Waals surface area contributed by atoms with E-state index in [-0.39, 0.29) is 17.4 Å². The van der Waals surface area contributed by atoms with E-state index in [0.29, 0.717) is 13.1 Å². The summed E-state index contributed by atoms with van der Waals surface area (Å²) in [6.45, 7) is 0.845. The van der Waals surface area contributed by atoms with Crippen molar-refractivity contribution >= 4 is 5.91 Å². The number of likely N-dealkylation sites (tertiary alicyclic amines) is 1. The van der Waals surface area contributed by atoms with Crippen LogP contribution in [0.15, 0.2) is 18.5 Å². The maximum atomic E-state index is 12.8. The van der Waals surface area contributed by atoms with E-state index < -0.39 is 5.82 Å². The molecule has 0 saturated carbocycles. The first-order valence-electron chi connectivity index (χ1n) is 4.50. The van der Waals surface area contributed by atoms with Gasteiger partial charge in [-0.1, -0.05) is 0 Å². The Morgan fingerprint density at radius 3 is 2.93 bits per heavy atom. The SMILES string of the molecule is N#CC1CN(C(=O)c2cncc(F)c2)C1. The van der Waals surface area contributed by atoms with E-state index in [0.717, 1.165) is 12.3 Å². The third-order valence-electron chi connectivity index (χ3n) is 2.30. The Balaban J connectivity index is 2.07. The van der Waals surface area contributed by atoms with E-state index in [1.807, 2.05) is 0 Å². The van der Waals surface area contributed by atoms with Crippen molar-refractivity contribution in [2.45, 2.75) is 0 Å². The lowest BCUT2D eigenvalue weighted by molar-refractivity contribution is 0.0576. The monoisotopic (exact) mass is 205 g/mol. The highest BCUT2D eigenvalue weighted by Gasteiger charge is 2.31. The fourth-order valence-electron chi connectivity index (χ4n) is 1.44. The normalized spacial score (nSPS) is 15.6. The summed E-state index contributed by atoms with van der Waals surface area (Å²) in [6.07, 6.45) is 2.37. The summed E-state index contributed by atoms with van der Waals surface area (Å²) in [5, 5.41) is 8.54. The average Bonchev–Trinajstić information content (AvgIpc) is 2.16. The molecule has 1 aromatic rings. The number of pyridine rings is 1. The summed E-state index contributed by atoms with van der Waals surface area (Å²) in [5.41, 5.74) is 0.228. The van der Waals surface area contributed by atoms with E-state index >= 15 is 0 Å². The number of nitriles is 1. The standard InChI is InChI=1S/C10H8FN3O/c11-9-1-8(3-13-4-9)10(15)14-5-7(2-12)6-14/h1,3-4,7H,5-6H2. The molecule has 0 atom stereocenters. The first kappa shape index (κ1) is 9.59. The lowest BCUT2D eigenvalue weighted by Crippen LogP contribution is -2.49. The van der Waals surface area contributed by atoms with Gasteiger partial charge in [0, 0.05) is 19.3 Å². The fraction of sp³-hybridized carbons (Fsp3) is 0.300. The molecule has 1 aliphatic rings. The quantitative estimate of drug-likeness (QED) is 0.681. The van der Waals surface area contributed by atoms with Crippen molar-refractivity contribution < 1.29 is 9.18 Å². The molecule has 1 amide bonds. The smallest absolute Gasteiger partial charge is 0.255 e. The summed E-state index contributed by atoms with van der Waals surface area (Å²) < 4.78 is 12.8. The average molecular weight is 205 g/mol. The van der Waals surface area contributed by atoms with Crippen LogP contribution in [0.5, 0.6) is 0 Å². The molecule has 0 radical (unpaired) electrons. The van der Waals surface area contributed by atoms with Gasteiger partial charge in [-0.2, -0.15) is 5.26 Å². The second-order valence-corrected chi connectivity index (χ2v) is 3.43. The molecule has 0 aromatic carbocycles. The third kappa shape index (κ3) is 1.79. The Kier molecular flexibility index (Phi) is 2.34. The Morgan fingerprint density at radius 2 is 2.33 bits per heavy atom. The van der Waals surface area contributed by atoms with Crippen molar-refractivity contribution in [1.82, 2.24) is 9.88 Å². The van der Waals surface area contributed by atoms with Crippen molar-refractivity contribution in [3.8, 4) is 6.07 Å². The van der Waals surface area contributed by atoms with Gasteiger partial charge in [0.15, 0.2) is 0 Å². The minimum Gasteiger partial charge on any atom is -0.336 e. The molecule has 5 heteroatoms. The zero-order valence-electron chi connectivity index (χ0n) is 7.85. The second-order valence-electron chi connectivity index (χ2n) is 3.43.